The lowest BCUT2D eigenvalue weighted by Crippen LogP contribution is -2.14. The summed E-state index contributed by atoms with van der Waals surface area (Å²) in [6.45, 7) is 4.43. The maximum atomic E-state index is 12.3. The van der Waals surface area contributed by atoms with Crippen LogP contribution in [0.4, 0.5) is 5.69 Å². The molecule has 1 aromatic heterocycles. The number of nitrogens with one attached hydrogen (secondary N) is 1. The SMILES string of the molecule is CCOc1cccc(NC(=O)CSc2nncn2-c2ccc(C)c(Cl)c2)c1. The standard InChI is InChI=1S/C19H19ClN4O2S/c1-3-26-16-6-4-5-14(9-16)22-18(25)11-27-19-23-21-12-24(19)15-8-7-13(2)17(20)10-15/h4-10,12H,3,11H2,1-2H3,(H,22,25). The first-order valence-electron chi connectivity index (χ1n) is 8.39. The van der Waals surface area contributed by atoms with E-state index in [1.54, 1.807) is 17.0 Å². The van der Waals surface area contributed by atoms with Crippen LogP contribution in [0.3, 0.4) is 0 Å². The molecule has 0 spiro atoms. The molecule has 2 aromatic carbocycles. The van der Waals surface area contributed by atoms with Gasteiger partial charge in [0.1, 0.15) is 12.1 Å². The monoisotopic (exact) mass is 402 g/mol. The van der Waals surface area contributed by atoms with Crippen molar-refractivity contribution in [1.29, 1.82) is 0 Å². The van der Waals surface area contributed by atoms with Gasteiger partial charge in [-0.05, 0) is 43.7 Å². The summed E-state index contributed by atoms with van der Waals surface area (Å²) < 4.78 is 7.25. The summed E-state index contributed by atoms with van der Waals surface area (Å²) in [6.07, 6.45) is 1.60. The van der Waals surface area contributed by atoms with E-state index in [0.29, 0.717) is 22.5 Å². The van der Waals surface area contributed by atoms with Gasteiger partial charge in [0.2, 0.25) is 5.91 Å². The largest absolute Gasteiger partial charge is 0.494 e. The van der Waals surface area contributed by atoms with E-state index in [1.165, 1.54) is 11.8 Å². The number of aryl methyl sites for hydroxylation is 1. The Morgan fingerprint density at radius 1 is 1.30 bits per heavy atom. The maximum Gasteiger partial charge on any atom is 0.234 e. The van der Waals surface area contributed by atoms with Crippen molar-refractivity contribution in [3.05, 3.63) is 59.4 Å². The minimum Gasteiger partial charge on any atom is -0.494 e. The van der Waals surface area contributed by atoms with E-state index in [9.17, 15) is 4.79 Å². The van der Waals surface area contributed by atoms with Gasteiger partial charge < -0.3 is 10.1 Å². The third-order valence-electron chi connectivity index (χ3n) is 3.71. The number of amides is 1. The molecule has 27 heavy (non-hydrogen) atoms. The number of carbonyl (C=O) groups excluding carboxylic acids is 1. The summed E-state index contributed by atoms with van der Waals surface area (Å²) in [7, 11) is 0. The van der Waals surface area contributed by atoms with Gasteiger partial charge in [-0.1, -0.05) is 35.5 Å². The smallest absolute Gasteiger partial charge is 0.234 e. The van der Waals surface area contributed by atoms with Crippen LogP contribution < -0.4 is 10.1 Å². The van der Waals surface area contributed by atoms with Gasteiger partial charge in [0, 0.05) is 16.8 Å². The summed E-state index contributed by atoms with van der Waals surface area (Å²) >= 11 is 7.50. The number of rotatable bonds is 7. The Morgan fingerprint density at radius 2 is 2.15 bits per heavy atom. The minimum atomic E-state index is -0.134. The van der Waals surface area contributed by atoms with Crippen LogP contribution in [-0.4, -0.2) is 33.0 Å². The number of thioether (sulfide) groups is 1. The van der Waals surface area contributed by atoms with Crippen molar-refractivity contribution in [2.75, 3.05) is 17.7 Å². The number of anilines is 1. The number of benzene rings is 2. The van der Waals surface area contributed by atoms with Crippen molar-refractivity contribution in [3.63, 3.8) is 0 Å². The van der Waals surface area contributed by atoms with Gasteiger partial charge in [-0.2, -0.15) is 0 Å². The third kappa shape index (κ3) is 5.02. The number of ether oxygens (including phenoxy) is 1. The van der Waals surface area contributed by atoms with Crippen molar-refractivity contribution in [2.24, 2.45) is 0 Å². The van der Waals surface area contributed by atoms with E-state index >= 15 is 0 Å². The second-order valence-electron chi connectivity index (χ2n) is 5.71. The van der Waals surface area contributed by atoms with E-state index in [2.05, 4.69) is 15.5 Å². The molecule has 1 amide bonds. The summed E-state index contributed by atoms with van der Waals surface area (Å²) in [4.78, 5) is 12.3. The zero-order valence-electron chi connectivity index (χ0n) is 15.0. The Kier molecular flexibility index (Phi) is 6.36. The van der Waals surface area contributed by atoms with Crippen LogP contribution in [0.15, 0.2) is 53.9 Å². The predicted molar refractivity (Wildman–Crippen MR) is 108 cm³/mol. The number of hydrogen-bond acceptors (Lipinski definition) is 5. The van der Waals surface area contributed by atoms with Crippen molar-refractivity contribution >= 4 is 35.0 Å². The van der Waals surface area contributed by atoms with Gasteiger partial charge in [-0.15, -0.1) is 10.2 Å². The lowest BCUT2D eigenvalue weighted by atomic mass is 10.2. The predicted octanol–water partition coefficient (Wildman–Crippen LogP) is 4.36. The highest BCUT2D eigenvalue weighted by Gasteiger charge is 2.11. The molecule has 0 aliphatic carbocycles. The zero-order chi connectivity index (χ0) is 19.2. The van der Waals surface area contributed by atoms with Gasteiger partial charge in [0.15, 0.2) is 5.16 Å². The zero-order valence-corrected chi connectivity index (χ0v) is 16.5. The van der Waals surface area contributed by atoms with Gasteiger partial charge in [-0.3, -0.25) is 9.36 Å². The second kappa shape index (κ2) is 8.92. The maximum absolute atomic E-state index is 12.3. The first-order valence-corrected chi connectivity index (χ1v) is 9.75. The molecule has 8 heteroatoms. The van der Waals surface area contributed by atoms with Crippen molar-refractivity contribution < 1.29 is 9.53 Å². The lowest BCUT2D eigenvalue weighted by Gasteiger charge is -2.09. The Labute approximate surface area is 166 Å². The van der Waals surface area contributed by atoms with E-state index in [1.807, 2.05) is 50.2 Å². The molecule has 3 aromatic rings. The average Bonchev–Trinajstić information content (AvgIpc) is 3.11. The average molecular weight is 403 g/mol. The molecule has 0 aliphatic rings. The lowest BCUT2D eigenvalue weighted by molar-refractivity contribution is -0.113. The summed E-state index contributed by atoms with van der Waals surface area (Å²) in [5, 5.41) is 12.2. The van der Waals surface area contributed by atoms with Crippen LogP contribution in [0.25, 0.3) is 5.69 Å². The molecule has 1 N–H and O–H groups in total. The van der Waals surface area contributed by atoms with E-state index < -0.39 is 0 Å². The molecule has 0 bridgehead atoms. The molecule has 0 fully saturated rings. The number of nitrogens with zero attached hydrogens (tertiary/aromatic N) is 3. The topological polar surface area (TPSA) is 69.0 Å². The van der Waals surface area contributed by atoms with Crippen molar-refractivity contribution in [3.8, 4) is 11.4 Å². The van der Waals surface area contributed by atoms with Crippen LogP contribution in [0, 0.1) is 6.92 Å². The van der Waals surface area contributed by atoms with Crippen LogP contribution in [0.2, 0.25) is 5.02 Å². The molecule has 1 heterocycles. The van der Waals surface area contributed by atoms with Crippen LogP contribution in [-0.2, 0) is 4.79 Å². The van der Waals surface area contributed by atoms with Gasteiger partial charge >= 0.3 is 0 Å². The van der Waals surface area contributed by atoms with E-state index in [-0.39, 0.29) is 11.7 Å². The normalized spacial score (nSPS) is 10.6. The van der Waals surface area contributed by atoms with Crippen molar-refractivity contribution in [2.45, 2.75) is 19.0 Å². The highest BCUT2D eigenvalue weighted by atomic mass is 35.5. The minimum absolute atomic E-state index is 0.134. The number of aromatic nitrogens is 3. The number of halogens is 1. The fraction of sp³-hybridized carbons (Fsp3) is 0.211. The fourth-order valence-electron chi connectivity index (χ4n) is 2.39. The highest BCUT2D eigenvalue weighted by molar-refractivity contribution is 7.99. The molecule has 0 saturated heterocycles. The molecule has 0 unspecified atom stereocenters. The molecule has 3 rings (SSSR count). The number of hydrogen-bond donors (Lipinski definition) is 1. The van der Waals surface area contributed by atoms with Gasteiger partial charge in [-0.25, -0.2) is 0 Å². The Morgan fingerprint density at radius 3 is 2.93 bits per heavy atom. The Bertz CT molecular complexity index is 945. The fourth-order valence-corrected chi connectivity index (χ4v) is 3.29. The molecule has 6 nitrogen and oxygen atoms in total. The summed E-state index contributed by atoms with van der Waals surface area (Å²) in [5.41, 5.74) is 2.54. The first-order chi connectivity index (χ1) is 13.1. The summed E-state index contributed by atoms with van der Waals surface area (Å²) in [6, 6.07) is 13.0. The molecular formula is C19H19ClN4O2S. The third-order valence-corrected chi connectivity index (χ3v) is 5.06. The Hall–Kier alpha value is -2.51. The molecular weight excluding hydrogens is 384 g/mol. The summed E-state index contributed by atoms with van der Waals surface area (Å²) in [5.74, 6) is 0.793. The second-order valence-corrected chi connectivity index (χ2v) is 7.06. The molecule has 140 valence electrons. The molecule has 0 aliphatic heterocycles. The first kappa shape index (κ1) is 19.3. The molecule has 0 atom stereocenters. The Balaban J connectivity index is 1.64. The highest BCUT2D eigenvalue weighted by Crippen LogP contribution is 2.24. The molecule has 0 saturated carbocycles. The number of carbonyl (C=O) groups is 1. The van der Waals surface area contributed by atoms with Crippen LogP contribution in [0.5, 0.6) is 5.75 Å². The van der Waals surface area contributed by atoms with Crippen LogP contribution in [0.1, 0.15) is 12.5 Å². The molecule has 0 radical (unpaired) electrons. The van der Waals surface area contributed by atoms with Crippen molar-refractivity contribution in [1.82, 2.24) is 14.8 Å². The van der Waals surface area contributed by atoms with Crippen LogP contribution >= 0.6 is 23.4 Å². The quantitative estimate of drug-likeness (QED) is 0.594. The van der Waals surface area contributed by atoms with Gasteiger partial charge in [0.25, 0.3) is 0 Å². The van der Waals surface area contributed by atoms with E-state index in [4.69, 9.17) is 16.3 Å². The van der Waals surface area contributed by atoms with Gasteiger partial charge in [0.05, 0.1) is 18.0 Å². The van der Waals surface area contributed by atoms with E-state index in [0.717, 1.165) is 17.0 Å².